The molecule has 0 unspecified atom stereocenters. The second-order valence-corrected chi connectivity index (χ2v) is 20.0. The molecule has 0 aromatic rings. The number of thioether (sulfide) groups is 1. The summed E-state index contributed by atoms with van der Waals surface area (Å²) >= 11 is 1.82. The summed E-state index contributed by atoms with van der Waals surface area (Å²) in [5.74, 6) is 1.50. The molecule has 0 bridgehead atoms. The van der Waals surface area contributed by atoms with Gasteiger partial charge in [0.1, 0.15) is 0 Å². The lowest BCUT2D eigenvalue weighted by Crippen LogP contribution is -2.43. The van der Waals surface area contributed by atoms with Gasteiger partial charge in [0.05, 0.1) is 12.0 Å². The van der Waals surface area contributed by atoms with Crippen LogP contribution in [0.15, 0.2) is 11.5 Å². The molecule has 2 amide bonds. The number of carbonyl (C=O) groups excluding carboxylic acids is 2. The van der Waals surface area contributed by atoms with Crippen LogP contribution < -0.4 is 0 Å². The lowest BCUT2D eigenvalue weighted by atomic mass is 9.76. The lowest BCUT2D eigenvalue weighted by molar-refractivity contribution is -0.141. The van der Waals surface area contributed by atoms with Crippen molar-refractivity contribution in [3.8, 4) is 0 Å². The van der Waals surface area contributed by atoms with Crippen LogP contribution in [-0.2, 0) is 14.3 Å². The molecule has 0 aromatic carbocycles. The number of hydrogen-bond donors (Lipinski definition) is 0. The third kappa shape index (κ3) is 20.8. The first kappa shape index (κ1) is 44.0. The lowest BCUT2D eigenvalue weighted by Gasteiger charge is -2.37. The molecule has 5 nitrogen and oxygen atoms in total. The molecule has 0 radical (unpaired) electrons. The first-order valence-electron chi connectivity index (χ1n) is 17.6. The molecule has 45 heavy (non-hydrogen) atoms. The molecule has 0 rings (SSSR count). The van der Waals surface area contributed by atoms with Crippen LogP contribution in [0.4, 0.5) is 0 Å². The fraction of sp³-hybridized carbons (Fsp3) is 0.897. The maximum Gasteiger partial charge on any atom is 0.231 e. The highest BCUT2D eigenvalue weighted by molar-refractivity contribution is 8.02. The van der Waals surface area contributed by atoms with Crippen LogP contribution in [0.2, 0.25) is 0 Å². The van der Waals surface area contributed by atoms with Gasteiger partial charge in [0.15, 0.2) is 0 Å². The van der Waals surface area contributed by atoms with Gasteiger partial charge in [0, 0.05) is 39.2 Å². The van der Waals surface area contributed by atoms with E-state index in [-0.39, 0.29) is 33.5 Å². The van der Waals surface area contributed by atoms with E-state index in [4.69, 9.17) is 4.74 Å². The van der Waals surface area contributed by atoms with Crippen molar-refractivity contribution in [2.45, 2.75) is 148 Å². The van der Waals surface area contributed by atoms with Crippen LogP contribution in [0.3, 0.4) is 0 Å². The van der Waals surface area contributed by atoms with Crippen molar-refractivity contribution in [2.75, 3.05) is 46.2 Å². The molecule has 0 aliphatic rings. The Bertz CT molecular complexity index is 906. The molecule has 0 N–H and O–H groups in total. The summed E-state index contributed by atoms with van der Waals surface area (Å²) in [6.45, 7) is 33.6. The van der Waals surface area contributed by atoms with E-state index in [1.165, 1.54) is 32.1 Å². The Morgan fingerprint density at radius 2 is 1.18 bits per heavy atom. The Hall–Kier alpha value is -1.01. The average molecular weight is 653 g/mol. The van der Waals surface area contributed by atoms with Gasteiger partial charge in [0.25, 0.3) is 0 Å². The fourth-order valence-corrected chi connectivity index (χ4v) is 6.75. The third-order valence-electron chi connectivity index (χ3n) is 8.50. The van der Waals surface area contributed by atoms with Crippen molar-refractivity contribution in [1.82, 2.24) is 9.80 Å². The van der Waals surface area contributed by atoms with Crippen molar-refractivity contribution in [3.05, 3.63) is 11.5 Å². The second kappa shape index (κ2) is 18.5. The monoisotopic (exact) mass is 653 g/mol. The molecule has 266 valence electrons. The average Bonchev–Trinajstić information content (AvgIpc) is 2.86. The van der Waals surface area contributed by atoms with Crippen LogP contribution in [-0.4, -0.2) is 67.8 Å². The van der Waals surface area contributed by atoms with Gasteiger partial charge in [-0.3, -0.25) is 9.59 Å². The van der Waals surface area contributed by atoms with E-state index < -0.39 is 5.41 Å². The predicted molar refractivity (Wildman–Crippen MR) is 199 cm³/mol. The van der Waals surface area contributed by atoms with Crippen molar-refractivity contribution in [3.63, 3.8) is 0 Å². The molecule has 0 aliphatic heterocycles. The van der Waals surface area contributed by atoms with Crippen LogP contribution in [0, 0.1) is 32.5 Å². The molecule has 0 saturated carbocycles. The van der Waals surface area contributed by atoms with Gasteiger partial charge in [-0.2, -0.15) is 0 Å². The van der Waals surface area contributed by atoms with Crippen molar-refractivity contribution < 1.29 is 14.3 Å². The third-order valence-corrected chi connectivity index (χ3v) is 9.35. The second-order valence-electron chi connectivity index (χ2n) is 19.0. The highest BCUT2D eigenvalue weighted by Crippen LogP contribution is 2.36. The number of unbranched alkanes of at least 4 members (excludes halogenated alkanes) is 2. The Kier molecular flexibility index (Phi) is 18.1. The number of amides is 2. The largest absolute Gasteiger partial charge is 0.381 e. The standard InChI is InChI=1S/C39H76N2O3S/c1-34(2,3)29-40(15)33(43)39(13,14)25-28-45-27-19-17-18-21-36(7,8)23-24-37(9,10)30-41(16)32(42)38(11,12)22-20-26-44-31-35(4,5)6/h25,28H,17-24,26-27,29-31H2,1-16H3/b28-25+. The number of carbonyl (C=O) groups is 2. The van der Waals surface area contributed by atoms with Crippen LogP contribution in [0.25, 0.3) is 0 Å². The summed E-state index contributed by atoms with van der Waals surface area (Å²) in [4.78, 5) is 30.1. The van der Waals surface area contributed by atoms with Crippen molar-refractivity contribution in [1.29, 1.82) is 0 Å². The smallest absolute Gasteiger partial charge is 0.231 e. The Morgan fingerprint density at radius 3 is 1.73 bits per heavy atom. The van der Waals surface area contributed by atoms with Gasteiger partial charge in [0.2, 0.25) is 11.8 Å². The molecular weight excluding hydrogens is 577 g/mol. The van der Waals surface area contributed by atoms with Crippen LogP contribution >= 0.6 is 11.8 Å². The SMILES string of the molecule is CN(CC(C)(C)C)C(=O)C(C)(C)/C=C/SCCCCCC(C)(C)CCC(C)(C)CN(C)C(=O)C(C)(C)CCCOCC(C)(C)C. The Balaban J connectivity index is 4.47. The van der Waals surface area contributed by atoms with E-state index in [2.05, 4.69) is 94.6 Å². The normalized spacial score (nSPS) is 13.9. The maximum atomic E-state index is 13.3. The number of rotatable bonds is 21. The first-order valence-corrected chi connectivity index (χ1v) is 18.6. The summed E-state index contributed by atoms with van der Waals surface area (Å²) in [5.41, 5.74) is -0.214. The van der Waals surface area contributed by atoms with E-state index in [9.17, 15) is 9.59 Å². The van der Waals surface area contributed by atoms with E-state index >= 15 is 0 Å². The fourth-order valence-electron chi connectivity index (χ4n) is 5.81. The van der Waals surface area contributed by atoms with Gasteiger partial charge >= 0.3 is 0 Å². The minimum absolute atomic E-state index is 0.0767. The van der Waals surface area contributed by atoms with Crippen molar-refractivity contribution in [2.24, 2.45) is 32.5 Å². The molecule has 0 spiro atoms. The van der Waals surface area contributed by atoms with E-state index in [0.29, 0.717) is 12.0 Å². The molecule has 6 heteroatoms. The quantitative estimate of drug-likeness (QED) is 0.116. The molecule has 0 fully saturated rings. The summed E-state index contributed by atoms with van der Waals surface area (Å²) in [6.07, 6.45) is 11.0. The molecular formula is C39H76N2O3S. The van der Waals surface area contributed by atoms with Crippen molar-refractivity contribution >= 4 is 23.6 Å². The Morgan fingerprint density at radius 1 is 0.622 bits per heavy atom. The molecule has 0 saturated heterocycles. The van der Waals surface area contributed by atoms with E-state index in [0.717, 1.165) is 44.7 Å². The predicted octanol–water partition coefficient (Wildman–Crippen LogP) is 10.5. The topological polar surface area (TPSA) is 49.9 Å². The molecule has 0 heterocycles. The van der Waals surface area contributed by atoms with Gasteiger partial charge in [-0.05, 0) is 85.2 Å². The highest BCUT2D eigenvalue weighted by atomic mass is 32.2. The zero-order valence-corrected chi connectivity index (χ0v) is 33.7. The van der Waals surface area contributed by atoms with Gasteiger partial charge < -0.3 is 14.5 Å². The minimum atomic E-state index is -0.482. The highest BCUT2D eigenvalue weighted by Gasteiger charge is 2.33. The van der Waals surface area contributed by atoms with Crippen LogP contribution in [0.5, 0.6) is 0 Å². The van der Waals surface area contributed by atoms with E-state index in [1.807, 2.05) is 49.5 Å². The number of nitrogens with zero attached hydrogens (tertiary/aromatic N) is 2. The minimum Gasteiger partial charge on any atom is -0.381 e. The van der Waals surface area contributed by atoms with Crippen LogP contribution in [0.1, 0.15) is 148 Å². The summed E-state index contributed by atoms with van der Waals surface area (Å²) < 4.78 is 5.83. The Labute approximate surface area is 285 Å². The molecule has 0 aliphatic carbocycles. The molecule has 0 atom stereocenters. The van der Waals surface area contributed by atoms with Gasteiger partial charge in [-0.1, -0.05) is 102 Å². The zero-order chi connectivity index (χ0) is 35.3. The summed E-state index contributed by atoms with van der Waals surface area (Å²) in [7, 11) is 3.89. The zero-order valence-electron chi connectivity index (χ0n) is 32.9. The first-order chi connectivity index (χ1) is 20.2. The van der Waals surface area contributed by atoms with Gasteiger partial charge in [-0.15, -0.1) is 11.8 Å². The summed E-state index contributed by atoms with van der Waals surface area (Å²) in [5, 5.41) is 2.13. The maximum absolute atomic E-state index is 13.3. The van der Waals surface area contributed by atoms with E-state index in [1.54, 1.807) is 0 Å². The number of hydrogen-bond acceptors (Lipinski definition) is 4. The molecule has 0 aromatic heterocycles. The van der Waals surface area contributed by atoms with Gasteiger partial charge in [-0.25, -0.2) is 0 Å². The number of ether oxygens (including phenoxy) is 1. The summed E-state index contributed by atoms with van der Waals surface area (Å²) in [6, 6.07) is 0.